The molecule has 1 aromatic carbocycles. The van der Waals surface area contributed by atoms with E-state index < -0.39 is 0 Å². The Labute approximate surface area is 145 Å². The molecule has 23 heavy (non-hydrogen) atoms. The van der Waals surface area contributed by atoms with Crippen LogP contribution in [0.2, 0.25) is 0 Å². The highest BCUT2D eigenvalue weighted by molar-refractivity contribution is 9.10. The molecule has 4 nitrogen and oxygen atoms in total. The Hall–Kier alpha value is -1.80. The van der Waals surface area contributed by atoms with Crippen LogP contribution in [0.5, 0.6) is 5.75 Å². The van der Waals surface area contributed by atoms with E-state index in [2.05, 4.69) is 28.2 Å². The molecule has 2 rings (SSSR count). The summed E-state index contributed by atoms with van der Waals surface area (Å²) in [6, 6.07) is 7.61. The van der Waals surface area contributed by atoms with Gasteiger partial charge in [-0.2, -0.15) is 5.26 Å². The van der Waals surface area contributed by atoms with Crippen LogP contribution in [0.25, 0.3) is 6.08 Å². The maximum absolute atomic E-state index is 12.4. The SMILES string of the molecule is COc1ccc(/C=C(\C#N)C(=O)N[C@@H]2CCCC[C@@H]2C)cc1Br. The van der Waals surface area contributed by atoms with Crippen molar-refractivity contribution < 1.29 is 9.53 Å². The first-order valence-electron chi connectivity index (χ1n) is 7.81. The van der Waals surface area contributed by atoms with E-state index in [0.717, 1.165) is 29.3 Å². The third kappa shape index (κ3) is 4.59. The molecular weight excluding hydrogens is 356 g/mol. The van der Waals surface area contributed by atoms with Crippen LogP contribution in [-0.4, -0.2) is 19.1 Å². The van der Waals surface area contributed by atoms with E-state index >= 15 is 0 Å². The summed E-state index contributed by atoms with van der Waals surface area (Å²) in [5.41, 5.74) is 0.904. The number of ether oxygens (including phenoxy) is 1. The molecule has 122 valence electrons. The smallest absolute Gasteiger partial charge is 0.262 e. The Morgan fingerprint density at radius 2 is 2.17 bits per heavy atom. The number of halogens is 1. The van der Waals surface area contributed by atoms with Gasteiger partial charge < -0.3 is 10.1 Å². The fraction of sp³-hybridized carbons (Fsp3) is 0.444. The molecule has 1 aliphatic carbocycles. The third-order valence-corrected chi connectivity index (χ3v) is 4.90. The van der Waals surface area contributed by atoms with Gasteiger partial charge in [0.1, 0.15) is 17.4 Å². The van der Waals surface area contributed by atoms with Gasteiger partial charge in [0.15, 0.2) is 0 Å². The van der Waals surface area contributed by atoms with Crippen LogP contribution in [0, 0.1) is 17.2 Å². The lowest BCUT2D eigenvalue weighted by Gasteiger charge is -2.29. The topological polar surface area (TPSA) is 62.1 Å². The van der Waals surface area contributed by atoms with Crippen LogP contribution in [-0.2, 0) is 4.79 Å². The molecule has 0 aromatic heterocycles. The zero-order valence-corrected chi connectivity index (χ0v) is 15.0. The van der Waals surface area contributed by atoms with Crippen molar-refractivity contribution in [1.29, 1.82) is 5.26 Å². The Morgan fingerprint density at radius 3 is 2.78 bits per heavy atom. The number of hydrogen-bond acceptors (Lipinski definition) is 3. The molecule has 0 unspecified atom stereocenters. The second-order valence-corrected chi connectivity index (χ2v) is 6.76. The predicted molar refractivity (Wildman–Crippen MR) is 93.8 cm³/mol. The molecule has 2 atom stereocenters. The number of hydrogen-bond donors (Lipinski definition) is 1. The molecule has 1 fully saturated rings. The van der Waals surface area contributed by atoms with Gasteiger partial charge in [-0.15, -0.1) is 0 Å². The molecule has 1 N–H and O–H groups in total. The van der Waals surface area contributed by atoms with Crippen molar-refractivity contribution in [1.82, 2.24) is 5.32 Å². The van der Waals surface area contributed by atoms with Gasteiger partial charge >= 0.3 is 0 Å². The number of nitrogens with zero attached hydrogens (tertiary/aromatic N) is 1. The van der Waals surface area contributed by atoms with Crippen molar-refractivity contribution in [2.75, 3.05) is 7.11 Å². The van der Waals surface area contributed by atoms with E-state index in [4.69, 9.17) is 4.74 Å². The van der Waals surface area contributed by atoms with E-state index in [1.807, 2.05) is 18.2 Å². The van der Waals surface area contributed by atoms with Crippen LogP contribution < -0.4 is 10.1 Å². The summed E-state index contributed by atoms with van der Waals surface area (Å²) in [7, 11) is 1.59. The van der Waals surface area contributed by atoms with Crippen LogP contribution in [0.3, 0.4) is 0 Å². The van der Waals surface area contributed by atoms with Gasteiger partial charge in [0.05, 0.1) is 11.6 Å². The molecule has 1 aliphatic rings. The van der Waals surface area contributed by atoms with E-state index in [0.29, 0.717) is 11.7 Å². The maximum Gasteiger partial charge on any atom is 0.262 e. The molecule has 0 saturated heterocycles. The first-order valence-corrected chi connectivity index (χ1v) is 8.60. The molecule has 1 aromatic rings. The summed E-state index contributed by atoms with van der Waals surface area (Å²) in [6.45, 7) is 2.15. The third-order valence-electron chi connectivity index (χ3n) is 4.28. The number of amides is 1. The Morgan fingerprint density at radius 1 is 1.43 bits per heavy atom. The highest BCUT2D eigenvalue weighted by Crippen LogP contribution is 2.27. The van der Waals surface area contributed by atoms with Crippen LogP contribution >= 0.6 is 15.9 Å². The number of carbonyl (C=O) groups is 1. The number of nitriles is 1. The lowest BCUT2D eigenvalue weighted by molar-refractivity contribution is -0.118. The van der Waals surface area contributed by atoms with Crippen LogP contribution in [0.4, 0.5) is 0 Å². The summed E-state index contributed by atoms with van der Waals surface area (Å²) < 4.78 is 5.96. The Bertz CT molecular complexity index is 649. The second kappa shape index (κ2) is 8.16. The van der Waals surface area contributed by atoms with Crippen molar-refractivity contribution in [2.45, 2.75) is 38.6 Å². The molecule has 0 bridgehead atoms. The molecular formula is C18H21BrN2O2. The molecule has 0 radical (unpaired) electrons. The summed E-state index contributed by atoms with van der Waals surface area (Å²) in [4.78, 5) is 12.4. The van der Waals surface area contributed by atoms with E-state index in [1.54, 1.807) is 19.3 Å². The minimum absolute atomic E-state index is 0.125. The molecule has 1 amide bonds. The fourth-order valence-electron chi connectivity index (χ4n) is 2.86. The monoisotopic (exact) mass is 376 g/mol. The predicted octanol–water partition coefficient (Wildman–Crippen LogP) is 4.06. The largest absolute Gasteiger partial charge is 0.496 e. The van der Waals surface area contributed by atoms with Crippen molar-refractivity contribution in [2.24, 2.45) is 5.92 Å². The van der Waals surface area contributed by atoms with E-state index in [-0.39, 0.29) is 17.5 Å². The van der Waals surface area contributed by atoms with Crippen molar-refractivity contribution in [3.63, 3.8) is 0 Å². The summed E-state index contributed by atoms with van der Waals surface area (Å²) in [5.74, 6) is 0.877. The van der Waals surface area contributed by atoms with Gasteiger partial charge in [-0.05, 0) is 58.5 Å². The minimum Gasteiger partial charge on any atom is -0.496 e. The second-order valence-electron chi connectivity index (χ2n) is 5.91. The summed E-state index contributed by atoms with van der Waals surface area (Å²) >= 11 is 3.41. The van der Waals surface area contributed by atoms with Crippen LogP contribution in [0.15, 0.2) is 28.2 Å². The number of nitrogens with one attached hydrogen (secondary N) is 1. The van der Waals surface area contributed by atoms with Gasteiger partial charge in [-0.3, -0.25) is 4.79 Å². The average molecular weight is 377 g/mol. The quantitative estimate of drug-likeness (QED) is 0.636. The lowest BCUT2D eigenvalue weighted by atomic mass is 9.86. The van der Waals surface area contributed by atoms with Crippen molar-refractivity contribution in [3.05, 3.63) is 33.8 Å². The standard InChI is InChI=1S/C18H21BrN2O2/c1-12-5-3-4-6-16(12)21-18(22)14(11-20)9-13-7-8-17(23-2)15(19)10-13/h7-10,12,16H,3-6H2,1-2H3,(H,21,22)/b14-9+/t12-,16+/m0/s1. The van der Waals surface area contributed by atoms with Gasteiger partial charge in [0.25, 0.3) is 5.91 Å². The van der Waals surface area contributed by atoms with E-state index in [9.17, 15) is 10.1 Å². The zero-order valence-electron chi connectivity index (χ0n) is 13.4. The fourth-order valence-corrected chi connectivity index (χ4v) is 3.42. The molecule has 0 aliphatic heterocycles. The number of carbonyl (C=O) groups excluding carboxylic acids is 1. The van der Waals surface area contributed by atoms with Crippen LogP contribution in [0.1, 0.15) is 38.2 Å². The first kappa shape index (κ1) is 17.6. The number of rotatable bonds is 4. The van der Waals surface area contributed by atoms with Gasteiger partial charge in [0.2, 0.25) is 0 Å². The summed E-state index contributed by atoms with van der Waals surface area (Å²) in [5, 5.41) is 12.3. The first-order chi connectivity index (χ1) is 11.0. The maximum atomic E-state index is 12.4. The van der Waals surface area contributed by atoms with Crippen molar-refractivity contribution >= 4 is 27.9 Å². The average Bonchev–Trinajstić information content (AvgIpc) is 2.54. The zero-order chi connectivity index (χ0) is 16.8. The minimum atomic E-state index is -0.293. The Balaban J connectivity index is 2.13. The van der Waals surface area contributed by atoms with Gasteiger partial charge in [-0.25, -0.2) is 0 Å². The lowest BCUT2D eigenvalue weighted by Crippen LogP contribution is -2.41. The van der Waals surface area contributed by atoms with Gasteiger partial charge in [-0.1, -0.05) is 25.8 Å². The van der Waals surface area contributed by atoms with Gasteiger partial charge in [0, 0.05) is 6.04 Å². The highest BCUT2D eigenvalue weighted by atomic mass is 79.9. The molecule has 5 heteroatoms. The number of benzene rings is 1. The number of methoxy groups -OCH3 is 1. The van der Waals surface area contributed by atoms with Crippen molar-refractivity contribution in [3.8, 4) is 11.8 Å². The van der Waals surface area contributed by atoms with E-state index in [1.165, 1.54) is 6.42 Å². The Kier molecular flexibility index (Phi) is 6.23. The molecule has 0 heterocycles. The molecule has 1 saturated carbocycles. The highest BCUT2D eigenvalue weighted by Gasteiger charge is 2.24. The normalized spacial score (nSPS) is 21.4. The summed E-state index contributed by atoms with van der Waals surface area (Å²) in [6.07, 6.45) is 6.06. The molecule has 0 spiro atoms.